The molecule has 24 heavy (non-hydrogen) atoms. The maximum Gasteiger partial charge on any atom is 0.410 e. The molecule has 1 rings (SSSR count). The second kappa shape index (κ2) is 10.5. The fourth-order valence-corrected chi connectivity index (χ4v) is 3.67. The first kappa shape index (κ1) is 21.6. The number of nitrogens with zero attached hydrogens (tertiary/aromatic N) is 1. The van der Waals surface area contributed by atoms with Crippen molar-refractivity contribution >= 4 is 17.9 Å². The van der Waals surface area contributed by atoms with Crippen LogP contribution in [0.3, 0.4) is 0 Å². The van der Waals surface area contributed by atoms with Gasteiger partial charge in [-0.15, -0.1) is 0 Å². The highest BCUT2D eigenvalue weighted by Crippen LogP contribution is 2.18. The summed E-state index contributed by atoms with van der Waals surface area (Å²) in [5, 5.41) is 3.65. The van der Waals surface area contributed by atoms with E-state index in [1.54, 1.807) is 0 Å². The second-order valence-electron chi connectivity index (χ2n) is 7.59. The predicted molar refractivity (Wildman–Crippen MR) is 102 cm³/mol. The third-order valence-electron chi connectivity index (χ3n) is 3.95. The van der Waals surface area contributed by atoms with Gasteiger partial charge in [-0.25, -0.2) is 4.79 Å². The van der Waals surface area contributed by atoms with Gasteiger partial charge >= 0.3 is 6.09 Å². The van der Waals surface area contributed by atoms with Gasteiger partial charge in [0.05, 0.1) is 19.3 Å². The molecule has 0 spiro atoms. The van der Waals surface area contributed by atoms with Crippen LogP contribution in [-0.2, 0) is 9.47 Å². The fourth-order valence-electron chi connectivity index (χ4n) is 2.86. The highest BCUT2D eigenvalue weighted by atomic mass is 32.2. The average Bonchev–Trinajstić information content (AvgIpc) is 2.46. The Hall–Kier alpha value is -0.460. The first-order chi connectivity index (χ1) is 11.2. The van der Waals surface area contributed by atoms with Crippen molar-refractivity contribution in [2.45, 2.75) is 78.1 Å². The molecule has 0 saturated carbocycles. The molecule has 0 radical (unpaired) electrons. The van der Waals surface area contributed by atoms with Gasteiger partial charge in [-0.1, -0.05) is 6.92 Å². The minimum Gasteiger partial charge on any atom is -0.444 e. The summed E-state index contributed by atoms with van der Waals surface area (Å²) in [5.41, 5.74) is -0.463. The fraction of sp³-hybridized carbons (Fsp3) is 0.944. The Balaban J connectivity index is 2.48. The summed E-state index contributed by atoms with van der Waals surface area (Å²) in [6.45, 7) is 14.1. The summed E-state index contributed by atoms with van der Waals surface area (Å²) in [7, 11) is 0. The lowest BCUT2D eigenvalue weighted by atomic mass is 10.1. The van der Waals surface area contributed by atoms with E-state index >= 15 is 0 Å². The van der Waals surface area contributed by atoms with Gasteiger partial charge in [0.2, 0.25) is 0 Å². The minimum atomic E-state index is -0.463. The van der Waals surface area contributed by atoms with Crippen molar-refractivity contribution in [3.63, 3.8) is 0 Å². The van der Waals surface area contributed by atoms with E-state index in [-0.39, 0.29) is 12.1 Å². The monoisotopic (exact) mass is 360 g/mol. The van der Waals surface area contributed by atoms with Crippen LogP contribution in [0, 0.1) is 0 Å². The largest absolute Gasteiger partial charge is 0.444 e. The van der Waals surface area contributed by atoms with Crippen LogP contribution in [-0.4, -0.2) is 66.0 Å². The molecule has 1 N–H and O–H groups in total. The number of ether oxygens (including phenoxy) is 2. The van der Waals surface area contributed by atoms with Crippen LogP contribution < -0.4 is 5.32 Å². The summed E-state index contributed by atoms with van der Waals surface area (Å²) in [5.74, 6) is 2.36. The zero-order chi connectivity index (χ0) is 18.2. The number of rotatable bonds is 8. The maximum absolute atomic E-state index is 12.4. The molecule has 0 aromatic carbocycles. The van der Waals surface area contributed by atoms with Gasteiger partial charge in [0, 0.05) is 18.6 Å². The summed E-state index contributed by atoms with van der Waals surface area (Å²) >= 11 is 1.98. The Morgan fingerprint density at radius 3 is 2.71 bits per heavy atom. The maximum atomic E-state index is 12.4. The van der Waals surface area contributed by atoms with Crippen molar-refractivity contribution in [2.75, 3.05) is 31.3 Å². The topological polar surface area (TPSA) is 50.8 Å². The first-order valence-electron chi connectivity index (χ1n) is 9.14. The number of hydrogen-bond donors (Lipinski definition) is 1. The summed E-state index contributed by atoms with van der Waals surface area (Å²) < 4.78 is 11.1. The van der Waals surface area contributed by atoms with Gasteiger partial charge in [0.25, 0.3) is 0 Å². The van der Waals surface area contributed by atoms with E-state index in [1.807, 2.05) is 37.4 Å². The van der Waals surface area contributed by atoms with Crippen molar-refractivity contribution in [3.05, 3.63) is 0 Å². The summed E-state index contributed by atoms with van der Waals surface area (Å²) in [6, 6.07) is 0.898. The predicted octanol–water partition coefficient (Wildman–Crippen LogP) is 3.52. The zero-order valence-electron chi connectivity index (χ0n) is 16.3. The van der Waals surface area contributed by atoms with Gasteiger partial charge in [0.15, 0.2) is 0 Å². The minimum absolute atomic E-state index is 0.0771. The molecule has 1 amide bonds. The van der Waals surface area contributed by atoms with E-state index in [1.165, 1.54) is 17.9 Å². The number of amides is 1. The standard InChI is InChI=1S/C18H36N2O3S/c1-7-24-11-8-14(2)19-15(3)12-16-13-22-10-9-20(16)17(21)23-18(4,5)6/h14-16,19H,7-13H2,1-6H3. The third kappa shape index (κ3) is 8.58. The Bertz CT molecular complexity index is 374. The molecule has 5 nitrogen and oxygen atoms in total. The van der Waals surface area contributed by atoms with Gasteiger partial charge < -0.3 is 19.7 Å². The normalized spacial score (nSPS) is 21.4. The molecule has 0 bridgehead atoms. The lowest BCUT2D eigenvalue weighted by Gasteiger charge is -2.38. The van der Waals surface area contributed by atoms with Crippen LogP contribution in [0.15, 0.2) is 0 Å². The highest BCUT2D eigenvalue weighted by molar-refractivity contribution is 7.99. The number of carbonyl (C=O) groups excluding carboxylic acids is 1. The zero-order valence-corrected chi connectivity index (χ0v) is 17.1. The SMILES string of the molecule is CCSCCC(C)NC(C)CC1COCCN1C(=O)OC(C)(C)C. The van der Waals surface area contributed by atoms with E-state index in [2.05, 4.69) is 26.1 Å². The second-order valence-corrected chi connectivity index (χ2v) is 8.99. The number of thioether (sulfide) groups is 1. The van der Waals surface area contributed by atoms with Crippen molar-refractivity contribution in [2.24, 2.45) is 0 Å². The molecule has 3 unspecified atom stereocenters. The van der Waals surface area contributed by atoms with Crippen molar-refractivity contribution in [3.8, 4) is 0 Å². The molecule has 1 saturated heterocycles. The van der Waals surface area contributed by atoms with E-state index in [4.69, 9.17) is 9.47 Å². The van der Waals surface area contributed by atoms with Crippen molar-refractivity contribution in [1.82, 2.24) is 10.2 Å². The van der Waals surface area contributed by atoms with Crippen LogP contribution >= 0.6 is 11.8 Å². The van der Waals surface area contributed by atoms with E-state index in [0.29, 0.717) is 31.8 Å². The number of hydrogen-bond acceptors (Lipinski definition) is 5. The molecular formula is C18H36N2O3S. The quantitative estimate of drug-likeness (QED) is 0.671. The molecule has 1 heterocycles. The van der Waals surface area contributed by atoms with E-state index in [0.717, 1.165) is 6.42 Å². The highest BCUT2D eigenvalue weighted by Gasteiger charge is 2.32. The van der Waals surface area contributed by atoms with E-state index in [9.17, 15) is 4.79 Å². The molecule has 3 atom stereocenters. The summed E-state index contributed by atoms with van der Waals surface area (Å²) in [4.78, 5) is 14.3. The molecule has 1 aliphatic rings. The lowest BCUT2D eigenvalue weighted by Crippen LogP contribution is -2.52. The van der Waals surface area contributed by atoms with Crippen molar-refractivity contribution < 1.29 is 14.3 Å². The van der Waals surface area contributed by atoms with Gasteiger partial charge in [-0.05, 0) is 59.0 Å². The molecule has 0 aliphatic carbocycles. The van der Waals surface area contributed by atoms with Crippen LogP contribution in [0.1, 0.15) is 54.4 Å². The summed E-state index contributed by atoms with van der Waals surface area (Å²) in [6.07, 6.45) is 1.82. The number of nitrogens with one attached hydrogen (secondary N) is 1. The lowest BCUT2D eigenvalue weighted by molar-refractivity contribution is -0.0357. The third-order valence-corrected chi connectivity index (χ3v) is 4.88. The van der Waals surface area contributed by atoms with E-state index < -0.39 is 5.60 Å². The Morgan fingerprint density at radius 2 is 2.08 bits per heavy atom. The van der Waals surface area contributed by atoms with Gasteiger partial charge in [0.1, 0.15) is 5.60 Å². The molecule has 142 valence electrons. The molecule has 0 aromatic rings. The van der Waals surface area contributed by atoms with Gasteiger partial charge in [-0.3, -0.25) is 0 Å². The van der Waals surface area contributed by atoms with Crippen LogP contribution in [0.4, 0.5) is 4.79 Å². The molecule has 1 aliphatic heterocycles. The van der Waals surface area contributed by atoms with Crippen LogP contribution in [0.5, 0.6) is 0 Å². The van der Waals surface area contributed by atoms with Gasteiger partial charge in [-0.2, -0.15) is 11.8 Å². The van der Waals surface area contributed by atoms with Crippen molar-refractivity contribution in [1.29, 1.82) is 0 Å². The molecule has 6 heteroatoms. The molecule has 1 fully saturated rings. The Morgan fingerprint density at radius 1 is 1.38 bits per heavy atom. The smallest absolute Gasteiger partial charge is 0.410 e. The molecule has 0 aromatic heterocycles. The Labute approximate surface area is 152 Å². The Kier molecular flexibility index (Phi) is 9.45. The number of carbonyl (C=O) groups is 1. The average molecular weight is 361 g/mol. The first-order valence-corrected chi connectivity index (χ1v) is 10.3. The van der Waals surface area contributed by atoms with Crippen LogP contribution in [0.2, 0.25) is 0 Å². The molecular weight excluding hydrogens is 324 g/mol. The van der Waals surface area contributed by atoms with Crippen LogP contribution in [0.25, 0.3) is 0 Å². The number of morpholine rings is 1.